The summed E-state index contributed by atoms with van der Waals surface area (Å²) in [6, 6.07) is 23.1. The number of likely N-dealkylation sites (N-methyl/N-ethyl adjacent to an activating group) is 1. The fourth-order valence-corrected chi connectivity index (χ4v) is 5.89. The molecule has 3 heterocycles. The molecule has 0 atom stereocenters. The maximum Gasteiger partial charge on any atom is 0.229 e. The molecule has 7 rings (SSSR count). The van der Waals surface area contributed by atoms with Crippen molar-refractivity contribution in [2.75, 3.05) is 43.4 Å². The van der Waals surface area contributed by atoms with Gasteiger partial charge in [0.05, 0.1) is 17.3 Å². The first-order chi connectivity index (χ1) is 20.2. The van der Waals surface area contributed by atoms with Gasteiger partial charge in [-0.2, -0.15) is 10.1 Å². The van der Waals surface area contributed by atoms with Crippen molar-refractivity contribution in [3.8, 4) is 11.4 Å². The second-order valence-electron chi connectivity index (χ2n) is 11.0. The van der Waals surface area contributed by atoms with Crippen LogP contribution in [-0.4, -0.2) is 57.9 Å². The van der Waals surface area contributed by atoms with E-state index in [9.17, 15) is 0 Å². The lowest BCUT2D eigenvalue weighted by molar-refractivity contribution is 0.301. The SMILES string of the molecule is CN1CCN(c2ccc(Nc3ncc4cnn(-c5ccc(OCc6ccccc6)c6c5CCCC6)c4n3)cc2)CC1. The highest BCUT2D eigenvalue weighted by Crippen LogP contribution is 2.35. The summed E-state index contributed by atoms with van der Waals surface area (Å²) in [5, 5.41) is 9.06. The van der Waals surface area contributed by atoms with E-state index in [-0.39, 0.29) is 0 Å². The molecule has 0 saturated carbocycles. The first-order valence-corrected chi connectivity index (χ1v) is 14.5. The van der Waals surface area contributed by atoms with Gasteiger partial charge in [0, 0.05) is 43.8 Å². The maximum atomic E-state index is 6.32. The lowest BCUT2D eigenvalue weighted by Crippen LogP contribution is -2.44. The summed E-state index contributed by atoms with van der Waals surface area (Å²) in [5.41, 5.74) is 7.85. The highest BCUT2D eigenvalue weighted by Gasteiger charge is 2.21. The second-order valence-corrected chi connectivity index (χ2v) is 11.0. The molecule has 1 N–H and O–H groups in total. The molecule has 1 aliphatic heterocycles. The highest BCUT2D eigenvalue weighted by molar-refractivity contribution is 5.77. The molecule has 208 valence electrons. The lowest BCUT2D eigenvalue weighted by atomic mass is 9.89. The van der Waals surface area contributed by atoms with E-state index in [1.165, 1.54) is 28.8 Å². The summed E-state index contributed by atoms with van der Waals surface area (Å²) in [6.45, 7) is 4.85. The van der Waals surface area contributed by atoms with E-state index in [1.807, 2.05) is 23.1 Å². The Bertz CT molecular complexity index is 1640. The van der Waals surface area contributed by atoms with Crippen LogP contribution in [0, 0.1) is 0 Å². The Hall–Kier alpha value is -4.43. The summed E-state index contributed by atoms with van der Waals surface area (Å²) in [7, 11) is 2.18. The molecule has 3 aromatic carbocycles. The van der Waals surface area contributed by atoms with Crippen LogP contribution in [-0.2, 0) is 19.4 Å². The zero-order valence-corrected chi connectivity index (χ0v) is 23.5. The summed E-state index contributed by atoms with van der Waals surface area (Å²) in [6.07, 6.45) is 8.04. The van der Waals surface area contributed by atoms with Crippen LogP contribution in [0.25, 0.3) is 16.7 Å². The van der Waals surface area contributed by atoms with E-state index in [0.717, 1.165) is 73.6 Å². The minimum atomic E-state index is 0.559. The third-order valence-corrected chi connectivity index (χ3v) is 8.23. The molecule has 0 radical (unpaired) electrons. The van der Waals surface area contributed by atoms with Gasteiger partial charge in [0.2, 0.25) is 5.95 Å². The first kappa shape index (κ1) is 25.5. The summed E-state index contributed by atoms with van der Waals surface area (Å²) < 4.78 is 8.28. The largest absolute Gasteiger partial charge is 0.489 e. The molecule has 41 heavy (non-hydrogen) atoms. The Morgan fingerprint density at radius 1 is 0.829 bits per heavy atom. The van der Waals surface area contributed by atoms with Gasteiger partial charge in [-0.25, -0.2) is 9.67 Å². The molecular formula is C33H35N7O. The van der Waals surface area contributed by atoms with Gasteiger partial charge in [-0.3, -0.25) is 0 Å². The van der Waals surface area contributed by atoms with E-state index in [2.05, 4.69) is 87.8 Å². The third-order valence-electron chi connectivity index (χ3n) is 8.23. The number of nitrogens with one attached hydrogen (secondary N) is 1. The second kappa shape index (κ2) is 11.2. The number of hydrogen-bond acceptors (Lipinski definition) is 7. The molecule has 8 nitrogen and oxygen atoms in total. The number of benzene rings is 3. The Morgan fingerprint density at radius 2 is 1.61 bits per heavy atom. The Morgan fingerprint density at radius 3 is 2.41 bits per heavy atom. The molecule has 0 spiro atoms. The molecule has 8 heteroatoms. The number of aromatic nitrogens is 4. The van der Waals surface area contributed by atoms with Gasteiger partial charge in [0.25, 0.3) is 0 Å². The Kier molecular flexibility index (Phi) is 6.98. The molecule has 2 aliphatic rings. The standard InChI is InChI=1S/C33H35N7O/c1-38-17-19-39(20-18-38)27-13-11-26(12-14-27)36-33-34-21-25-22-35-40(32(25)37-33)30-15-16-31(29-10-6-5-9-28(29)30)41-23-24-7-3-2-4-8-24/h2-4,7-8,11-16,21-22H,5-6,9-10,17-20,23H2,1H3,(H,34,36,37). The molecule has 0 amide bonds. The van der Waals surface area contributed by atoms with Crippen LogP contribution in [0.3, 0.4) is 0 Å². The molecular weight excluding hydrogens is 510 g/mol. The molecule has 5 aromatic rings. The average Bonchev–Trinajstić information content (AvgIpc) is 3.44. The van der Waals surface area contributed by atoms with Crippen molar-refractivity contribution in [1.82, 2.24) is 24.6 Å². The van der Waals surface area contributed by atoms with Crippen LogP contribution >= 0.6 is 0 Å². The number of anilines is 3. The number of piperazine rings is 1. The van der Waals surface area contributed by atoms with E-state index in [4.69, 9.17) is 14.8 Å². The number of ether oxygens (including phenoxy) is 1. The minimum absolute atomic E-state index is 0.559. The van der Waals surface area contributed by atoms with Crippen LogP contribution in [0.15, 0.2) is 79.1 Å². The third kappa shape index (κ3) is 5.35. The number of nitrogens with zero attached hydrogens (tertiary/aromatic N) is 6. The van der Waals surface area contributed by atoms with Gasteiger partial charge in [0.1, 0.15) is 12.4 Å². The molecule has 1 saturated heterocycles. The zero-order chi connectivity index (χ0) is 27.6. The molecule has 2 aromatic heterocycles. The van der Waals surface area contributed by atoms with Crippen molar-refractivity contribution in [1.29, 1.82) is 0 Å². The maximum absolute atomic E-state index is 6.32. The zero-order valence-electron chi connectivity index (χ0n) is 23.5. The van der Waals surface area contributed by atoms with Crippen LogP contribution in [0.1, 0.15) is 29.5 Å². The van der Waals surface area contributed by atoms with Crippen molar-refractivity contribution < 1.29 is 4.74 Å². The molecule has 1 aliphatic carbocycles. The van der Waals surface area contributed by atoms with Gasteiger partial charge in [-0.1, -0.05) is 30.3 Å². The smallest absolute Gasteiger partial charge is 0.229 e. The number of fused-ring (bicyclic) bond motifs is 2. The average molecular weight is 546 g/mol. The highest BCUT2D eigenvalue weighted by atomic mass is 16.5. The van der Waals surface area contributed by atoms with Crippen LogP contribution in [0.5, 0.6) is 5.75 Å². The summed E-state index contributed by atoms with van der Waals surface area (Å²) in [5.74, 6) is 1.53. The van der Waals surface area contributed by atoms with Crippen LogP contribution < -0.4 is 15.0 Å². The minimum Gasteiger partial charge on any atom is -0.489 e. The Balaban J connectivity index is 1.14. The van der Waals surface area contributed by atoms with Crippen molar-refractivity contribution in [2.45, 2.75) is 32.3 Å². The normalized spacial score (nSPS) is 15.6. The fourth-order valence-electron chi connectivity index (χ4n) is 5.89. The topological polar surface area (TPSA) is 71.3 Å². The van der Waals surface area contributed by atoms with E-state index in [0.29, 0.717) is 12.6 Å². The lowest BCUT2D eigenvalue weighted by Gasteiger charge is -2.34. The van der Waals surface area contributed by atoms with Crippen molar-refractivity contribution in [2.24, 2.45) is 0 Å². The van der Waals surface area contributed by atoms with E-state index >= 15 is 0 Å². The van der Waals surface area contributed by atoms with Gasteiger partial charge in [-0.15, -0.1) is 0 Å². The monoisotopic (exact) mass is 545 g/mol. The molecule has 0 bridgehead atoms. The Labute approximate surface area is 240 Å². The van der Waals surface area contributed by atoms with Gasteiger partial charge in [-0.05, 0) is 85.8 Å². The predicted molar refractivity (Wildman–Crippen MR) is 164 cm³/mol. The van der Waals surface area contributed by atoms with E-state index in [1.54, 1.807) is 0 Å². The molecule has 0 unspecified atom stereocenters. The number of hydrogen-bond donors (Lipinski definition) is 1. The predicted octanol–water partition coefficient (Wildman–Crippen LogP) is 5.77. The van der Waals surface area contributed by atoms with Crippen molar-refractivity contribution in [3.05, 3.63) is 95.8 Å². The van der Waals surface area contributed by atoms with Gasteiger partial charge >= 0.3 is 0 Å². The van der Waals surface area contributed by atoms with Crippen molar-refractivity contribution in [3.63, 3.8) is 0 Å². The van der Waals surface area contributed by atoms with Crippen LogP contribution in [0.4, 0.5) is 17.3 Å². The van der Waals surface area contributed by atoms with Gasteiger partial charge in [0.15, 0.2) is 5.65 Å². The number of rotatable bonds is 7. The van der Waals surface area contributed by atoms with Crippen molar-refractivity contribution >= 4 is 28.4 Å². The van der Waals surface area contributed by atoms with Gasteiger partial charge < -0.3 is 19.9 Å². The summed E-state index contributed by atoms with van der Waals surface area (Å²) >= 11 is 0. The summed E-state index contributed by atoms with van der Waals surface area (Å²) in [4.78, 5) is 14.3. The first-order valence-electron chi connectivity index (χ1n) is 14.5. The quantitative estimate of drug-likeness (QED) is 0.278. The molecule has 1 fully saturated rings. The van der Waals surface area contributed by atoms with E-state index < -0.39 is 0 Å². The van der Waals surface area contributed by atoms with Crippen LogP contribution in [0.2, 0.25) is 0 Å². The fraction of sp³-hybridized carbons (Fsp3) is 0.303.